The Balaban J connectivity index is 2.01. The first kappa shape index (κ1) is 14.0. The maximum absolute atomic E-state index is 13.7. The molecule has 0 saturated carbocycles. The lowest BCUT2D eigenvalue weighted by Crippen LogP contribution is -2.20. The molecule has 2 N–H and O–H groups in total. The van der Waals surface area contributed by atoms with Gasteiger partial charge in [-0.25, -0.2) is 9.18 Å². The van der Waals surface area contributed by atoms with Crippen molar-refractivity contribution in [3.63, 3.8) is 0 Å². The Morgan fingerprint density at radius 1 is 1.25 bits per heavy atom. The van der Waals surface area contributed by atoms with Crippen molar-refractivity contribution >= 4 is 23.4 Å². The number of hydrogen-bond acceptors (Lipinski definition) is 3. The third-order valence-corrected chi connectivity index (χ3v) is 3.04. The predicted molar refractivity (Wildman–Crippen MR) is 72.9 cm³/mol. The molecule has 0 spiro atoms. The number of hydrogen-bond donors (Lipinski definition) is 2. The van der Waals surface area contributed by atoms with Crippen molar-refractivity contribution in [1.82, 2.24) is 0 Å². The number of rotatable bonds is 3. The molecule has 0 aliphatic heterocycles. The first-order chi connectivity index (χ1) is 9.60. The number of nitrogens with one attached hydrogen (secondary N) is 2. The second-order valence-electron chi connectivity index (χ2n) is 4.44. The zero-order chi connectivity index (χ0) is 14.5. The first-order valence-corrected chi connectivity index (χ1v) is 6.20. The molecule has 1 aromatic rings. The second-order valence-corrected chi connectivity index (χ2v) is 4.44. The van der Waals surface area contributed by atoms with E-state index in [-0.39, 0.29) is 17.5 Å². The van der Waals surface area contributed by atoms with Crippen LogP contribution in [0.25, 0.3) is 0 Å². The molecular formula is C14H15FN2O3. The van der Waals surface area contributed by atoms with E-state index in [1.165, 1.54) is 19.2 Å². The number of anilines is 2. The monoisotopic (exact) mass is 278 g/mol. The summed E-state index contributed by atoms with van der Waals surface area (Å²) in [5.41, 5.74) is 0.354. The van der Waals surface area contributed by atoms with Crippen LogP contribution in [-0.4, -0.2) is 19.1 Å². The Bertz CT molecular complexity index is 549. The van der Waals surface area contributed by atoms with Gasteiger partial charge in [-0.05, 0) is 31.0 Å². The van der Waals surface area contributed by atoms with E-state index in [4.69, 9.17) is 0 Å². The normalized spacial score (nSPS) is 14.1. The topological polar surface area (TPSA) is 67.4 Å². The maximum Gasteiger partial charge on any atom is 0.411 e. The molecule has 0 bridgehead atoms. The van der Waals surface area contributed by atoms with Crippen LogP contribution in [0.3, 0.4) is 0 Å². The van der Waals surface area contributed by atoms with Crippen molar-refractivity contribution in [2.24, 2.45) is 5.92 Å². The molecule has 0 atom stereocenters. The second kappa shape index (κ2) is 6.18. The van der Waals surface area contributed by atoms with Crippen molar-refractivity contribution in [1.29, 1.82) is 0 Å². The molecule has 1 aromatic carbocycles. The van der Waals surface area contributed by atoms with Crippen molar-refractivity contribution in [2.45, 2.75) is 12.8 Å². The van der Waals surface area contributed by atoms with Gasteiger partial charge in [0.15, 0.2) is 0 Å². The molecule has 2 rings (SSSR count). The van der Waals surface area contributed by atoms with E-state index >= 15 is 0 Å². The van der Waals surface area contributed by atoms with Gasteiger partial charge in [0.05, 0.1) is 12.8 Å². The fraction of sp³-hybridized carbons (Fsp3) is 0.286. The van der Waals surface area contributed by atoms with Crippen LogP contribution >= 0.6 is 0 Å². The fourth-order valence-electron chi connectivity index (χ4n) is 1.93. The molecule has 6 heteroatoms. The number of halogens is 1. The van der Waals surface area contributed by atoms with Gasteiger partial charge in [0, 0.05) is 11.6 Å². The molecule has 1 aliphatic rings. The van der Waals surface area contributed by atoms with Crippen LogP contribution in [0.5, 0.6) is 0 Å². The lowest BCUT2D eigenvalue weighted by Gasteiger charge is -2.11. The number of benzene rings is 1. The number of ether oxygens (including phenoxy) is 1. The Hall–Kier alpha value is -2.37. The van der Waals surface area contributed by atoms with E-state index in [0.29, 0.717) is 18.5 Å². The van der Waals surface area contributed by atoms with Gasteiger partial charge in [-0.1, -0.05) is 12.2 Å². The van der Waals surface area contributed by atoms with Gasteiger partial charge >= 0.3 is 6.09 Å². The summed E-state index contributed by atoms with van der Waals surface area (Å²) < 4.78 is 18.1. The predicted octanol–water partition coefficient (Wildman–Crippen LogP) is 2.91. The summed E-state index contributed by atoms with van der Waals surface area (Å²) in [5, 5.41) is 4.89. The van der Waals surface area contributed by atoms with Gasteiger partial charge in [0.25, 0.3) is 0 Å². The van der Waals surface area contributed by atoms with E-state index < -0.39 is 11.9 Å². The van der Waals surface area contributed by atoms with Crippen molar-refractivity contribution < 1.29 is 18.7 Å². The van der Waals surface area contributed by atoms with Crippen LogP contribution in [0.1, 0.15) is 12.8 Å². The molecule has 0 unspecified atom stereocenters. The van der Waals surface area contributed by atoms with Crippen LogP contribution in [0.2, 0.25) is 0 Å². The first-order valence-electron chi connectivity index (χ1n) is 6.20. The van der Waals surface area contributed by atoms with Crippen LogP contribution < -0.4 is 10.6 Å². The van der Waals surface area contributed by atoms with E-state index in [1.54, 1.807) is 0 Å². The maximum atomic E-state index is 13.7. The van der Waals surface area contributed by atoms with E-state index in [1.807, 2.05) is 12.2 Å². The van der Waals surface area contributed by atoms with Gasteiger partial charge in [0.1, 0.15) is 5.82 Å². The van der Waals surface area contributed by atoms with Gasteiger partial charge < -0.3 is 10.1 Å². The summed E-state index contributed by atoms with van der Waals surface area (Å²) in [6.45, 7) is 0. The Morgan fingerprint density at radius 3 is 2.55 bits per heavy atom. The highest BCUT2D eigenvalue weighted by Gasteiger charge is 2.19. The van der Waals surface area contributed by atoms with Crippen molar-refractivity contribution in [2.75, 3.05) is 17.7 Å². The number of allylic oxidation sites excluding steroid dienone is 2. The molecule has 1 aliphatic carbocycles. The number of carbonyl (C=O) groups is 2. The summed E-state index contributed by atoms with van der Waals surface area (Å²) in [7, 11) is 1.19. The smallest absolute Gasteiger partial charge is 0.411 e. The van der Waals surface area contributed by atoms with Gasteiger partial charge in [0.2, 0.25) is 5.91 Å². The molecular weight excluding hydrogens is 263 g/mol. The summed E-state index contributed by atoms with van der Waals surface area (Å²) in [6, 6.07) is 4.05. The minimum Gasteiger partial charge on any atom is -0.453 e. The largest absolute Gasteiger partial charge is 0.453 e. The Labute approximate surface area is 115 Å². The van der Waals surface area contributed by atoms with E-state index in [0.717, 1.165) is 6.07 Å². The zero-order valence-corrected chi connectivity index (χ0v) is 11.0. The average molecular weight is 278 g/mol. The molecule has 2 amide bonds. The molecule has 20 heavy (non-hydrogen) atoms. The van der Waals surface area contributed by atoms with Gasteiger partial charge in [-0.15, -0.1) is 0 Å². The summed E-state index contributed by atoms with van der Waals surface area (Å²) >= 11 is 0. The number of methoxy groups -OCH3 is 1. The minimum absolute atomic E-state index is 0.00242. The molecule has 0 fully saturated rings. The van der Waals surface area contributed by atoms with Crippen molar-refractivity contribution in [3.8, 4) is 0 Å². The lowest BCUT2D eigenvalue weighted by molar-refractivity contribution is -0.119. The fourth-order valence-corrected chi connectivity index (χ4v) is 1.93. The summed E-state index contributed by atoms with van der Waals surface area (Å²) in [5.74, 6) is -0.869. The van der Waals surface area contributed by atoms with Crippen LogP contribution in [0.15, 0.2) is 30.4 Å². The number of amides is 2. The molecule has 0 aromatic heterocycles. The van der Waals surface area contributed by atoms with Crippen LogP contribution in [0, 0.1) is 11.7 Å². The zero-order valence-electron chi connectivity index (χ0n) is 11.0. The Kier molecular flexibility index (Phi) is 4.34. The van der Waals surface area contributed by atoms with E-state index in [2.05, 4.69) is 15.4 Å². The highest BCUT2D eigenvalue weighted by atomic mass is 19.1. The highest BCUT2D eigenvalue weighted by molar-refractivity contribution is 5.93. The quantitative estimate of drug-likeness (QED) is 0.835. The summed E-state index contributed by atoms with van der Waals surface area (Å²) in [6.07, 6.45) is 4.56. The molecule has 0 heterocycles. The highest BCUT2D eigenvalue weighted by Crippen LogP contribution is 2.22. The standard InChI is InChI=1S/C14H15FN2O3/c1-20-14(19)17-12-7-6-10(8-11(12)15)16-13(18)9-4-2-3-5-9/h2-3,6-9H,4-5H2,1H3,(H,16,18)(H,17,19). The SMILES string of the molecule is COC(=O)Nc1ccc(NC(=O)C2CC=CC2)cc1F. The molecule has 0 saturated heterocycles. The molecule has 0 radical (unpaired) electrons. The van der Waals surface area contributed by atoms with Crippen LogP contribution in [0.4, 0.5) is 20.6 Å². The number of carbonyl (C=O) groups excluding carboxylic acids is 2. The van der Waals surface area contributed by atoms with E-state index in [9.17, 15) is 14.0 Å². The third kappa shape index (κ3) is 3.34. The molecule has 106 valence electrons. The van der Waals surface area contributed by atoms with Gasteiger partial charge in [-0.3, -0.25) is 10.1 Å². The van der Waals surface area contributed by atoms with Crippen molar-refractivity contribution in [3.05, 3.63) is 36.2 Å². The molecule has 5 nitrogen and oxygen atoms in total. The summed E-state index contributed by atoms with van der Waals surface area (Å²) in [4.78, 5) is 22.9. The lowest BCUT2D eigenvalue weighted by atomic mass is 10.1. The Morgan fingerprint density at radius 2 is 1.95 bits per heavy atom. The average Bonchev–Trinajstić information content (AvgIpc) is 2.95. The third-order valence-electron chi connectivity index (χ3n) is 3.04. The van der Waals surface area contributed by atoms with Crippen LogP contribution in [-0.2, 0) is 9.53 Å². The minimum atomic E-state index is -0.752. The van der Waals surface area contributed by atoms with Gasteiger partial charge in [-0.2, -0.15) is 0 Å².